The second-order valence-electron chi connectivity index (χ2n) is 9.72. The second kappa shape index (κ2) is 10.7. The zero-order valence-electron chi connectivity index (χ0n) is 21.4. The monoisotopic (exact) mass is 612 g/mol. The van der Waals surface area contributed by atoms with E-state index in [0.29, 0.717) is 27.9 Å². The van der Waals surface area contributed by atoms with Crippen LogP contribution in [0.3, 0.4) is 0 Å². The Morgan fingerprint density at radius 3 is 2.52 bits per heavy atom. The fourth-order valence-corrected chi connectivity index (χ4v) is 6.41. The van der Waals surface area contributed by atoms with Gasteiger partial charge in [-0.25, -0.2) is 22.2 Å². The van der Waals surface area contributed by atoms with Crippen molar-refractivity contribution in [3.05, 3.63) is 100 Å². The number of benzene rings is 2. The van der Waals surface area contributed by atoms with E-state index in [1.807, 2.05) is 6.07 Å². The first-order valence-electron chi connectivity index (χ1n) is 12.4. The summed E-state index contributed by atoms with van der Waals surface area (Å²) < 4.78 is 64.5. The highest BCUT2D eigenvalue weighted by atomic mass is 35.5. The quantitative estimate of drug-likeness (QED) is 0.222. The fourth-order valence-electron chi connectivity index (χ4n) is 4.74. The average Bonchev–Trinajstić information content (AvgIpc) is 3.43. The van der Waals surface area contributed by atoms with Crippen LogP contribution < -0.4 is 21.6 Å². The minimum Gasteiger partial charge on any atom is -0.373 e. The number of nitriles is 1. The standard InChI is InChI=1S/C27H20ClF3N8O2S/c28-21-6-17(5-20-24(15(8-32)9-33-26(20)21)36-18-7-22(30)27(31)34-10-18)35-25(14-1-3-16(29)4-2-14)23-11-39(38-37-23)19-12-42(40,41)13-19/h1-7,9-11,19,25,35,37-38H,12-13H2,(H,33,36). The molecular formula is C27H20ClF3N8O2S. The Kier molecular flexibility index (Phi) is 7.01. The number of rotatable bonds is 7. The molecule has 0 spiro atoms. The Bertz CT molecular complexity index is 1890. The minimum absolute atomic E-state index is 0.0118. The molecule has 10 nitrogen and oxygen atoms in total. The highest BCUT2D eigenvalue weighted by Gasteiger charge is 2.39. The Balaban J connectivity index is 1.39. The molecule has 4 aromatic rings. The molecule has 42 heavy (non-hydrogen) atoms. The van der Waals surface area contributed by atoms with E-state index in [2.05, 4.69) is 31.6 Å². The number of aromatic nitrogens is 2. The molecule has 0 radical (unpaired) electrons. The summed E-state index contributed by atoms with van der Waals surface area (Å²) >= 11 is 6.61. The lowest BCUT2D eigenvalue weighted by Crippen LogP contribution is -2.55. The summed E-state index contributed by atoms with van der Waals surface area (Å²) in [6.07, 6.45) is 4.14. The van der Waals surface area contributed by atoms with Gasteiger partial charge in [-0.1, -0.05) is 23.7 Å². The van der Waals surface area contributed by atoms with Gasteiger partial charge >= 0.3 is 0 Å². The smallest absolute Gasteiger partial charge is 0.249 e. The van der Waals surface area contributed by atoms with Crippen LogP contribution in [0.2, 0.25) is 5.02 Å². The van der Waals surface area contributed by atoms with Gasteiger partial charge in [0.1, 0.15) is 11.9 Å². The van der Waals surface area contributed by atoms with Crippen molar-refractivity contribution in [2.24, 2.45) is 0 Å². The number of nitrogens with zero attached hydrogens (tertiary/aromatic N) is 4. The van der Waals surface area contributed by atoms with Gasteiger partial charge < -0.3 is 16.1 Å². The number of hydrogen-bond acceptors (Lipinski definition) is 10. The van der Waals surface area contributed by atoms with E-state index in [1.54, 1.807) is 35.5 Å². The summed E-state index contributed by atoms with van der Waals surface area (Å²) in [6, 6.07) is 11.3. The zero-order valence-corrected chi connectivity index (χ0v) is 22.9. The molecule has 0 saturated carbocycles. The van der Waals surface area contributed by atoms with Gasteiger partial charge in [-0.2, -0.15) is 9.65 Å². The highest BCUT2D eigenvalue weighted by Crippen LogP contribution is 2.37. The van der Waals surface area contributed by atoms with E-state index in [4.69, 9.17) is 11.6 Å². The number of hydrazine groups is 2. The van der Waals surface area contributed by atoms with Gasteiger partial charge in [0.05, 0.1) is 63.0 Å². The molecule has 2 aliphatic heterocycles. The number of pyridine rings is 2. The summed E-state index contributed by atoms with van der Waals surface area (Å²) in [5.74, 6) is -2.82. The van der Waals surface area contributed by atoms with E-state index in [1.165, 1.54) is 18.3 Å². The zero-order chi connectivity index (χ0) is 29.6. The Labute approximate surface area is 242 Å². The first kappa shape index (κ1) is 27.6. The number of hydrogen-bond donors (Lipinski definition) is 4. The van der Waals surface area contributed by atoms with Crippen molar-refractivity contribution >= 4 is 49.4 Å². The fraction of sp³-hybridized carbons (Fsp3) is 0.148. The molecule has 2 aliphatic rings. The molecule has 0 bridgehead atoms. The van der Waals surface area contributed by atoms with Gasteiger partial charge in [0.2, 0.25) is 5.95 Å². The molecule has 4 N–H and O–H groups in total. The molecule has 0 amide bonds. The number of halogens is 4. The third kappa shape index (κ3) is 5.37. The summed E-state index contributed by atoms with van der Waals surface area (Å²) in [7, 11) is -3.06. The van der Waals surface area contributed by atoms with Gasteiger partial charge in [0.25, 0.3) is 0 Å². The van der Waals surface area contributed by atoms with Crippen molar-refractivity contribution in [3.8, 4) is 6.07 Å². The van der Waals surface area contributed by atoms with Crippen molar-refractivity contribution in [1.29, 1.82) is 5.26 Å². The van der Waals surface area contributed by atoms with Crippen molar-refractivity contribution in [1.82, 2.24) is 25.9 Å². The summed E-state index contributed by atoms with van der Waals surface area (Å²) in [5.41, 5.74) is 8.58. The van der Waals surface area contributed by atoms with Crippen molar-refractivity contribution < 1.29 is 21.6 Å². The van der Waals surface area contributed by atoms with Gasteiger partial charge in [0.15, 0.2) is 15.7 Å². The Morgan fingerprint density at radius 1 is 1.07 bits per heavy atom. The number of sulfone groups is 1. The molecule has 0 aliphatic carbocycles. The number of nitrogens with one attached hydrogen (secondary N) is 4. The first-order valence-corrected chi connectivity index (χ1v) is 14.6. The van der Waals surface area contributed by atoms with Crippen LogP contribution in [0.15, 0.2) is 66.8 Å². The molecule has 214 valence electrons. The van der Waals surface area contributed by atoms with Gasteiger partial charge in [-0.3, -0.25) is 9.99 Å². The first-order chi connectivity index (χ1) is 20.1. The maximum atomic E-state index is 13.9. The van der Waals surface area contributed by atoms with Crippen LogP contribution in [0.4, 0.5) is 30.2 Å². The molecule has 4 heterocycles. The Morgan fingerprint density at radius 2 is 1.83 bits per heavy atom. The predicted octanol–water partition coefficient (Wildman–Crippen LogP) is 4.43. The van der Waals surface area contributed by atoms with Crippen LogP contribution in [0.5, 0.6) is 0 Å². The normalized spacial score (nSPS) is 16.7. The summed E-state index contributed by atoms with van der Waals surface area (Å²) in [4.78, 5) is 7.69. The van der Waals surface area contributed by atoms with E-state index in [-0.39, 0.29) is 39.5 Å². The third-order valence-corrected chi connectivity index (χ3v) is 8.90. The average molecular weight is 613 g/mol. The number of fused-ring (bicyclic) bond motifs is 1. The molecule has 1 atom stereocenters. The van der Waals surface area contributed by atoms with E-state index < -0.39 is 33.5 Å². The molecule has 1 saturated heterocycles. The third-order valence-electron chi connectivity index (χ3n) is 6.83. The minimum atomic E-state index is -3.06. The lowest BCUT2D eigenvalue weighted by Gasteiger charge is -2.33. The summed E-state index contributed by atoms with van der Waals surface area (Å²) in [6.45, 7) is 0. The molecule has 2 aromatic heterocycles. The molecule has 1 unspecified atom stereocenters. The largest absolute Gasteiger partial charge is 0.373 e. The van der Waals surface area contributed by atoms with Crippen LogP contribution in [0.25, 0.3) is 10.9 Å². The summed E-state index contributed by atoms with van der Waals surface area (Å²) in [5, 5.41) is 18.3. The highest BCUT2D eigenvalue weighted by molar-refractivity contribution is 7.92. The lowest BCUT2D eigenvalue weighted by atomic mass is 10.0. The van der Waals surface area contributed by atoms with E-state index in [9.17, 15) is 26.9 Å². The lowest BCUT2D eigenvalue weighted by molar-refractivity contribution is 0.212. The topological polar surface area (TPSA) is 135 Å². The van der Waals surface area contributed by atoms with Crippen LogP contribution >= 0.6 is 11.6 Å². The maximum Gasteiger partial charge on any atom is 0.249 e. The van der Waals surface area contributed by atoms with Gasteiger partial charge in [-0.05, 0) is 29.8 Å². The van der Waals surface area contributed by atoms with Gasteiger partial charge in [0, 0.05) is 29.5 Å². The van der Waals surface area contributed by atoms with Gasteiger partial charge in [-0.15, -0.1) is 5.53 Å². The van der Waals surface area contributed by atoms with E-state index >= 15 is 0 Å². The molecule has 15 heteroatoms. The predicted molar refractivity (Wildman–Crippen MR) is 150 cm³/mol. The Hall–Kier alpha value is -4.58. The van der Waals surface area contributed by atoms with Crippen LogP contribution in [-0.2, 0) is 9.84 Å². The molecule has 2 aromatic carbocycles. The number of anilines is 3. The van der Waals surface area contributed by atoms with Crippen molar-refractivity contribution in [2.75, 3.05) is 22.1 Å². The van der Waals surface area contributed by atoms with Crippen molar-refractivity contribution in [2.45, 2.75) is 12.1 Å². The van der Waals surface area contributed by atoms with Crippen molar-refractivity contribution in [3.63, 3.8) is 0 Å². The molecule has 6 rings (SSSR count). The van der Waals surface area contributed by atoms with Crippen LogP contribution in [-0.4, -0.2) is 40.9 Å². The van der Waals surface area contributed by atoms with Crippen LogP contribution in [0, 0.1) is 28.9 Å². The second-order valence-corrected chi connectivity index (χ2v) is 12.3. The van der Waals surface area contributed by atoms with Crippen LogP contribution in [0.1, 0.15) is 17.2 Å². The molecule has 1 fully saturated rings. The van der Waals surface area contributed by atoms with E-state index in [0.717, 1.165) is 12.3 Å². The SMILES string of the molecule is N#Cc1cnc2c(Cl)cc(NC(C3=CN(C4CS(=O)(=O)C4)NN3)c3ccc(F)cc3)cc2c1Nc1cnc(F)c(F)c1. The maximum absolute atomic E-state index is 13.9. The molecular weight excluding hydrogens is 593 g/mol.